The molecule has 0 spiro atoms. The Morgan fingerprint density at radius 3 is 2.11 bits per heavy atom. The molecule has 2 aliphatic rings. The van der Waals surface area contributed by atoms with Crippen molar-refractivity contribution < 1.29 is 52.2 Å². The Morgan fingerprint density at radius 1 is 1.00 bits per heavy atom. The summed E-state index contributed by atoms with van der Waals surface area (Å²) in [6.45, 7) is 4.37. The molecule has 2 N–H and O–H groups in total. The summed E-state index contributed by atoms with van der Waals surface area (Å²) in [5, 5.41) is 0. The number of nitrogens with one attached hydrogen (secondary N) is 2. The monoisotopic (exact) mass is 440 g/mol. The molecule has 0 unspecified atom stereocenters. The summed E-state index contributed by atoms with van der Waals surface area (Å²) in [6.07, 6.45) is 2.67. The lowest BCUT2D eigenvalue weighted by atomic mass is 10.0. The van der Waals surface area contributed by atoms with Crippen molar-refractivity contribution >= 4 is 15.6 Å². The van der Waals surface area contributed by atoms with Crippen molar-refractivity contribution in [2.75, 3.05) is 44.2 Å². The Morgan fingerprint density at radius 2 is 1.56 bits per heavy atom. The Hall–Kier alpha value is -0.730. The third kappa shape index (κ3) is 6.98. The maximum Gasteiger partial charge on any atom is 0.168 e. The van der Waals surface area contributed by atoms with E-state index in [2.05, 4.69) is 0 Å². The van der Waals surface area contributed by atoms with Gasteiger partial charge in [-0.1, -0.05) is 0 Å². The SMILES string of the molecule is O=C(CC[NH+]1CCC([NH+]2CCS(=O)(=O)CC2)CC1)c1ccc(F)cc1.[Cl-].[Cl-]. The number of hydrogen-bond acceptors (Lipinski definition) is 3. The molecule has 5 nitrogen and oxygen atoms in total. The highest BCUT2D eigenvalue weighted by atomic mass is 35.5. The lowest BCUT2D eigenvalue weighted by Crippen LogP contribution is -3.21. The number of piperidine rings is 1. The first kappa shape index (κ1) is 24.3. The van der Waals surface area contributed by atoms with Crippen molar-refractivity contribution in [3.8, 4) is 0 Å². The summed E-state index contributed by atoms with van der Waals surface area (Å²) in [5.41, 5.74) is 0.578. The van der Waals surface area contributed by atoms with Crippen molar-refractivity contribution in [2.24, 2.45) is 0 Å². The van der Waals surface area contributed by atoms with Gasteiger partial charge in [0, 0.05) is 18.4 Å². The van der Waals surface area contributed by atoms with Crippen molar-refractivity contribution in [3.05, 3.63) is 35.6 Å². The molecule has 0 saturated carbocycles. The summed E-state index contributed by atoms with van der Waals surface area (Å²) in [5.74, 6) is 0.391. The molecule has 0 radical (unpaired) electrons. The largest absolute Gasteiger partial charge is 1.00 e. The number of carbonyl (C=O) groups is 1. The van der Waals surface area contributed by atoms with Gasteiger partial charge in [0.05, 0.1) is 56.7 Å². The highest BCUT2D eigenvalue weighted by Crippen LogP contribution is 2.05. The lowest BCUT2D eigenvalue weighted by molar-refractivity contribution is -0.955. The number of likely N-dealkylation sites (tertiary alicyclic amines) is 1. The van der Waals surface area contributed by atoms with Gasteiger partial charge in [0.25, 0.3) is 0 Å². The lowest BCUT2D eigenvalue weighted by Gasteiger charge is -2.35. The number of rotatable bonds is 5. The molecule has 2 heterocycles. The zero-order valence-electron chi connectivity index (χ0n) is 15.2. The minimum atomic E-state index is -2.80. The van der Waals surface area contributed by atoms with Crippen LogP contribution in [-0.4, -0.2) is 64.5 Å². The van der Waals surface area contributed by atoms with Gasteiger partial charge in [0.15, 0.2) is 15.6 Å². The van der Waals surface area contributed by atoms with Crippen LogP contribution in [0, 0.1) is 5.82 Å². The van der Waals surface area contributed by atoms with Crippen LogP contribution in [-0.2, 0) is 9.84 Å². The van der Waals surface area contributed by atoms with Crippen LogP contribution < -0.4 is 34.6 Å². The second kappa shape index (κ2) is 10.7. The van der Waals surface area contributed by atoms with E-state index >= 15 is 0 Å². The second-order valence-corrected chi connectivity index (χ2v) is 9.57. The number of ketones is 1. The number of benzene rings is 1. The van der Waals surface area contributed by atoms with E-state index in [0.717, 1.165) is 45.6 Å². The standard InChI is InChI=1S/C18H25FN2O3S.2ClH/c19-16-3-1-15(2-4-16)18(22)7-10-20-8-5-17(6-9-20)21-11-13-25(23,24)14-12-21;;/h1-4,17H,5-14H2;2*1H. The van der Waals surface area contributed by atoms with Crippen LogP contribution in [0.15, 0.2) is 24.3 Å². The Bertz CT molecular complexity index is 694. The van der Waals surface area contributed by atoms with E-state index in [9.17, 15) is 17.6 Å². The fourth-order valence-electron chi connectivity index (χ4n) is 3.96. The van der Waals surface area contributed by atoms with Gasteiger partial charge in [0.1, 0.15) is 5.82 Å². The second-order valence-electron chi connectivity index (χ2n) is 7.26. The van der Waals surface area contributed by atoms with E-state index in [4.69, 9.17) is 0 Å². The van der Waals surface area contributed by atoms with Gasteiger partial charge in [-0.15, -0.1) is 0 Å². The highest BCUT2D eigenvalue weighted by Gasteiger charge is 2.34. The van der Waals surface area contributed by atoms with E-state index in [1.165, 1.54) is 21.9 Å². The summed E-state index contributed by atoms with van der Waals surface area (Å²) < 4.78 is 36.0. The molecule has 2 saturated heterocycles. The Labute approximate surface area is 173 Å². The first-order valence-corrected chi connectivity index (χ1v) is 10.9. The molecule has 0 bridgehead atoms. The van der Waals surface area contributed by atoms with Crippen LogP contribution in [0.5, 0.6) is 0 Å². The van der Waals surface area contributed by atoms with Crippen molar-refractivity contribution in [1.29, 1.82) is 0 Å². The predicted octanol–water partition coefficient (Wildman–Crippen LogP) is -7.23. The molecule has 0 aromatic heterocycles. The number of carbonyl (C=O) groups excluding carboxylic acids is 1. The van der Waals surface area contributed by atoms with Gasteiger partial charge in [-0.3, -0.25) is 4.79 Å². The third-order valence-corrected chi connectivity index (χ3v) is 7.26. The average molecular weight is 441 g/mol. The predicted molar refractivity (Wildman–Crippen MR) is 93.3 cm³/mol. The summed E-state index contributed by atoms with van der Waals surface area (Å²) in [7, 11) is -2.80. The average Bonchev–Trinajstić information content (AvgIpc) is 2.61. The van der Waals surface area contributed by atoms with Gasteiger partial charge < -0.3 is 34.6 Å². The maximum atomic E-state index is 12.9. The normalized spacial score (nSPS) is 25.1. The molecular weight excluding hydrogens is 414 g/mol. The number of halogens is 3. The highest BCUT2D eigenvalue weighted by molar-refractivity contribution is 7.91. The molecular formula is C18H27Cl2FN2O3S. The summed E-state index contributed by atoms with van der Waals surface area (Å²) in [4.78, 5) is 15.1. The van der Waals surface area contributed by atoms with Gasteiger partial charge >= 0.3 is 0 Å². The van der Waals surface area contributed by atoms with Crippen LogP contribution in [0.4, 0.5) is 4.39 Å². The van der Waals surface area contributed by atoms with Crippen LogP contribution in [0.2, 0.25) is 0 Å². The van der Waals surface area contributed by atoms with E-state index < -0.39 is 9.84 Å². The van der Waals surface area contributed by atoms with Gasteiger partial charge in [-0.05, 0) is 24.3 Å². The van der Waals surface area contributed by atoms with Crippen molar-refractivity contribution in [3.63, 3.8) is 0 Å². The van der Waals surface area contributed by atoms with Gasteiger partial charge in [0.2, 0.25) is 0 Å². The zero-order chi connectivity index (χ0) is 17.9. The molecule has 2 fully saturated rings. The topological polar surface area (TPSA) is 60.1 Å². The van der Waals surface area contributed by atoms with Crippen LogP contribution in [0.3, 0.4) is 0 Å². The number of hydrogen-bond donors (Lipinski definition) is 2. The smallest absolute Gasteiger partial charge is 0.168 e. The first-order valence-electron chi connectivity index (χ1n) is 9.10. The van der Waals surface area contributed by atoms with Crippen LogP contribution in [0.1, 0.15) is 29.6 Å². The zero-order valence-corrected chi connectivity index (χ0v) is 17.6. The molecule has 0 atom stereocenters. The Balaban J connectivity index is 0.00000182. The molecule has 1 aromatic rings. The molecule has 9 heteroatoms. The molecule has 1 aromatic carbocycles. The molecule has 27 heavy (non-hydrogen) atoms. The van der Waals surface area contributed by atoms with Crippen molar-refractivity contribution in [2.45, 2.75) is 25.3 Å². The summed E-state index contributed by atoms with van der Waals surface area (Å²) in [6, 6.07) is 6.31. The van der Waals surface area contributed by atoms with E-state index in [-0.39, 0.29) is 36.4 Å². The first-order chi connectivity index (χ1) is 11.9. The van der Waals surface area contributed by atoms with E-state index in [1.807, 2.05) is 0 Å². The Kier molecular flexibility index (Phi) is 9.65. The van der Waals surface area contributed by atoms with Crippen LogP contribution >= 0.6 is 0 Å². The third-order valence-electron chi connectivity index (χ3n) is 5.61. The number of Topliss-reactive ketones (excluding diaryl/α,β-unsaturated/α-hetero) is 1. The fraction of sp³-hybridized carbons (Fsp3) is 0.611. The molecule has 0 aliphatic carbocycles. The minimum Gasteiger partial charge on any atom is -1.00 e. The number of quaternary nitrogens is 2. The minimum absolute atomic E-state index is 0. The molecule has 0 amide bonds. The quantitative estimate of drug-likeness (QED) is 0.447. The molecule has 3 rings (SSSR count). The van der Waals surface area contributed by atoms with Gasteiger partial charge in [-0.25, -0.2) is 12.8 Å². The number of sulfone groups is 1. The van der Waals surface area contributed by atoms with E-state index in [0.29, 0.717) is 29.5 Å². The van der Waals surface area contributed by atoms with Crippen molar-refractivity contribution in [1.82, 2.24) is 0 Å². The maximum absolute atomic E-state index is 12.9. The summed E-state index contributed by atoms with van der Waals surface area (Å²) >= 11 is 0. The van der Waals surface area contributed by atoms with Crippen LogP contribution in [0.25, 0.3) is 0 Å². The fourth-order valence-corrected chi connectivity index (χ4v) is 5.31. The van der Waals surface area contributed by atoms with Gasteiger partial charge in [-0.2, -0.15) is 0 Å². The van der Waals surface area contributed by atoms with E-state index in [1.54, 1.807) is 12.1 Å². The molecule has 154 valence electrons. The molecule has 2 aliphatic heterocycles.